The molecular formula is C12H13N5O. The predicted octanol–water partition coefficient (Wildman–Crippen LogP) is 0.900. The number of rotatable bonds is 2. The number of nitrogens with zero attached hydrogens (tertiary/aromatic N) is 2. The number of carbonyl (C=O) groups is 1. The molecule has 1 fully saturated rings. The quantitative estimate of drug-likeness (QED) is 0.731. The summed E-state index contributed by atoms with van der Waals surface area (Å²) < 4.78 is 0. The van der Waals surface area contributed by atoms with Gasteiger partial charge in [-0.1, -0.05) is 18.2 Å². The Bertz CT molecular complexity index is 592. The largest absolute Gasteiger partial charge is 0.382 e. The van der Waals surface area contributed by atoms with E-state index in [4.69, 9.17) is 5.73 Å². The van der Waals surface area contributed by atoms with Gasteiger partial charge in [-0.05, 0) is 6.07 Å². The van der Waals surface area contributed by atoms with Crippen LogP contribution in [0.2, 0.25) is 0 Å². The van der Waals surface area contributed by atoms with Crippen LogP contribution in [0.3, 0.4) is 0 Å². The molecule has 0 unspecified atom stereocenters. The number of amides is 1. The van der Waals surface area contributed by atoms with E-state index in [0.717, 1.165) is 16.9 Å². The maximum absolute atomic E-state index is 11.3. The molecule has 6 nitrogen and oxygen atoms in total. The van der Waals surface area contributed by atoms with Crippen LogP contribution in [0.15, 0.2) is 30.3 Å². The van der Waals surface area contributed by atoms with Crippen LogP contribution < -0.4 is 16.2 Å². The van der Waals surface area contributed by atoms with Gasteiger partial charge in [0, 0.05) is 24.6 Å². The molecule has 0 radical (unpaired) electrons. The number of aromatic nitrogens is 2. The molecule has 92 valence electrons. The molecule has 1 aromatic heterocycles. The first-order valence-corrected chi connectivity index (χ1v) is 5.71. The second-order valence-corrected chi connectivity index (χ2v) is 4.16. The molecule has 0 saturated carbocycles. The summed E-state index contributed by atoms with van der Waals surface area (Å²) in [6.45, 7) is 0.666. The third kappa shape index (κ3) is 1.77. The van der Waals surface area contributed by atoms with Crippen molar-refractivity contribution in [2.45, 2.75) is 6.42 Å². The summed E-state index contributed by atoms with van der Waals surface area (Å²) >= 11 is 0. The Labute approximate surface area is 104 Å². The average Bonchev–Trinajstić information content (AvgIpc) is 2.98. The Morgan fingerprint density at radius 2 is 2.17 bits per heavy atom. The lowest BCUT2D eigenvalue weighted by Crippen LogP contribution is -2.33. The third-order valence-corrected chi connectivity index (χ3v) is 2.90. The van der Waals surface area contributed by atoms with E-state index in [2.05, 4.69) is 15.6 Å². The van der Waals surface area contributed by atoms with Crippen molar-refractivity contribution in [3.05, 3.63) is 30.3 Å². The Kier molecular flexibility index (Phi) is 2.40. The maximum Gasteiger partial charge on any atom is 0.240 e. The summed E-state index contributed by atoms with van der Waals surface area (Å²) in [7, 11) is 0. The van der Waals surface area contributed by atoms with Gasteiger partial charge in [-0.25, -0.2) is 0 Å². The molecule has 1 aromatic carbocycles. The zero-order valence-corrected chi connectivity index (χ0v) is 9.68. The molecule has 1 amide bonds. The number of carbonyl (C=O) groups excluding carboxylic acids is 1. The fourth-order valence-corrected chi connectivity index (χ4v) is 2.07. The number of H-pyrrole nitrogens is 1. The minimum Gasteiger partial charge on any atom is -0.382 e. The monoisotopic (exact) mass is 243 g/mol. The molecule has 0 bridgehead atoms. The van der Waals surface area contributed by atoms with Crippen molar-refractivity contribution in [2.75, 3.05) is 17.3 Å². The minimum atomic E-state index is 0.0360. The van der Waals surface area contributed by atoms with Crippen molar-refractivity contribution in [3.63, 3.8) is 0 Å². The van der Waals surface area contributed by atoms with Gasteiger partial charge in [0.25, 0.3) is 0 Å². The lowest BCUT2D eigenvalue weighted by molar-refractivity contribution is -0.119. The van der Waals surface area contributed by atoms with E-state index >= 15 is 0 Å². The van der Waals surface area contributed by atoms with Crippen LogP contribution in [-0.4, -0.2) is 22.6 Å². The highest BCUT2D eigenvalue weighted by Gasteiger charge is 2.21. The van der Waals surface area contributed by atoms with Gasteiger partial charge in [-0.2, -0.15) is 5.10 Å². The molecule has 0 atom stereocenters. The molecule has 4 N–H and O–H groups in total. The number of anilines is 2. The molecule has 0 aliphatic carbocycles. The second kappa shape index (κ2) is 4.06. The third-order valence-electron chi connectivity index (χ3n) is 2.90. The van der Waals surface area contributed by atoms with Gasteiger partial charge in [0.05, 0.1) is 11.4 Å². The van der Waals surface area contributed by atoms with E-state index in [-0.39, 0.29) is 5.91 Å². The Balaban J connectivity index is 2.02. The zero-order valence-electron chi connectivity index (χ0n) is 9.68. The Morgan fingerprint density at radius 3 is 2.83 bits per heavy atom. The molecule has 1 aliphatic rings. The fourth-order valence-electron chi connectivity index (χ4n) is 2.07. The molecule has 18 heavy (non-hydrogen) atoms. The maximum atomic E-state index is 11.3. The van der Waals surface area contributed by atoms with Crippen LogP contribution >= 0.6 is 0 Å². The van der Waals surface area contributed by atoms with E-state index in [1.165, 1.54) is 0 Å². The van der Waals surface area contributed by atoms with Crippen LogP contribution in [0, 0.1) is 0 Å². The molecular weight excluding hydrogens is 230 g/mol. The highest BCUT2D eigenvalue weighted by molar-refractivity contribution is 5.85. The number of nitrogens with two attached hydrogens (primary N) is 1. The van der Waals surface area contributed by atoms with Gasteiger partial charge in [-0.15, -0.1) is 0 Å². The molecule has 2 aromatic rings. The number of benzene rings is 1. The van der Waals surface area contributed by atoms with E-state index in [1.807, 2.05) is 29.3 Å². The summed E-state index contributed by atoms with van der Waals surface area (Å²) in [5, 5.41) is 8.65. The fraction of sp³-hybridized carbons (Fsp3) is 0.167. The second-order valence-electron chi connectivity index (χ2n) is 4.16. The molecule has 3 rings (SSSR count). The van der Waals surface area contributed by atoms with Gasteiger partial charge in [0.2, 0.25) is 5.91 Å². The van der Waals surface area contributed by atoms with Crippen molar-refractivity contribution in [2.24, 2.45) is 0 Å². The molecule has 2 heterocycles. The van der Waals surface area contributed by atoms with Crippen LogP contribution in [0.25, 0.3) is 11.3 Å². The molecule has 1 saturated heterocycles. The summed E-state index contributed by atoms with van der Waals surface area (Å²) in [5.74, 6) is 0.485. The number of aromatic amines is 1. The zero-order chi connectivity index (χ0) is 12.5. The molecule has 0 spiro atoms. The van der Waals surface area contributed by atoms with Crippen molar-refractivity contribution in [3.8, 4) is 11.3 Å². The van der Waals surface area contributed by atoms with Crippen LogP contribution in [0.1, 0.15) is 6.42 Å². The van der Waals surface area contributed by atoms with Crippen molar-refractivity contribution in [1.29, 1.82) is 0 Å². The topological polar surface area (TPSA) is 87.0 Å². The summed E-state index contributed by atoms with van der Waals surface area (Å²) in [6.07, 6.45) is 0.513. The van der Waals surface area contributed by atoms with E-state index in [9.17, 15) is 4.79 Å². The number of nitrogen functional groups attached to an aromatic ring is 1. The molecule has 1 aliphatic heterocycles. The predicted molar refractivity (Wildman–Crippen MR) is 68.5 cm³/mol. The van der Waals surface area contributed by atoms with Gasteiger partial charge in [-0.3, -0.25) is 20.3 Å². The lowest BCUT2D eigenvalue weighted by Gasteiger charge is -2.20. The highest BCUT2D eigenvalue weighted by Crippen LogP contribution is 2.30. The number of hydrogen-bond donors (Lipinski definition) is 3. The van der Waals surface area contributed by atoms with E-state index in [0.29, 0.717) is 18.8 Å². The Hall–Kier alpha value is -2.50. The summed E-state index contributed by atoms with van der Waals surface area (Å²) in [5.41, 5.74) is 11.2. The van der Waals surface area contributed by atoms with Crippen LogP contribution in [0.5, 0.6) is 0 Å². The first-order valence-electron chi connectivity index (χ1n) is 5.71. The van der Waals surface area contributed by atoms with Crippen molar-refractivity contribution < 1.29 is 4.79 Å². The normalized spacial score (nSPS) is 14.9. The van der Waals surface area contributed by atoms with E-state index in [1.54, 1.807) is 6.07 Å². The summed E-state index contributed by atoms with van der Waals surface area (Å²) in [6, 6.07) is 9.57. The average molecular weight is 243 g/mol. The first kappa shape index (κ1) is 10.6. The van der Waals surface area contributed by atoms with Crippen LogP contribution in [0.4, 0.5) is 11.5 Å². The van der Waals surface area contributed by atoms with Gasteiger partial charge in [0.1, 0.15) is 5.82 Å². The highest BCUT2D eigenvalue weighted by atomic mass is 16.2. The van der Waals surface area contributed by atoms with Crippen molar-refractivity contribution >= 4 is 17.4 Å². The summed E-state index contributed by atoms with van der Waals surface area (Å²) in [4.78, 5) is 11.3. The number of nitrogens with one attached hydrogen (secondary N) is 2. The van der Waals surface area contributed by atoms with Crippen molar-refractivity contribution in [1.82, 2.24) is 15.6 Å². The lowest BCUT2D eigenvalue weighted by atomic mass is 10.1. The van der Waals surface area contributed by atoms with E-state index < -0.39 is 0 Å². The number of para-hydroxylation sites is 1. The minimum absolute atomic E-state index is 0.0360. The molecule has 6 heteroatoms. The first-order chi connectivity index (χ1) is 8.74. The van der Waals surface area contributed by atoms with Gasteiger partial charge in [0.15, 0.2) is 0 Å². The van der Waals surface area contributed by atoms with Gasteiger partial charge >= 0.3 is 0 Å². The smallest absolute Gasteiger partial charge is 0.240 e. The standard InChI is InChI=1S/C12H13N5O/c13-11-7-9(14-15-11)8-3-1-2-4-10(8)17-6-5-12(18)16-17/h1-4,7H,5-6H2,(H,16,18)(H3,13,14,15). The van der Waals surface area contributed by atoms with Gasteiger partial charge < -0.3 is 5.73 Å². The SMILES string of the molecule is Nc1cc(-c2ccccc2N2CCC(=O)N2)[nH]n1. The Morgan fingerprint density at radius 1 is 1.33 bits per heavy atom. The number of hydrazine groups is 1. The number of hydrogen-bond acceptors (Lipinski definition) is 4. The van der Waals surface area contributed by atoms with Crippen LogP contribution in [-0.2, 0) is 4.79 Å².